The fourth-order valence-corrected chi connectivity index (χ4v) is 1.99. The Labute approximate surface area is 98.7 Å². The highest BCUT2D eigenvalue weighted by Crippen LogP contribution is 2.35. The number of rotatable bonds is 3. The molecule has 6 nitrogen and oxygen atoms in total. The third kappa shape index (κ3) is 2.19. The summed E-state index contributed by atoms with van der Waals surface area (Å²) in [5, 5.41) is 10.5. The molecular formula is C11H15NO5. The molecule has 1 fully saturated rings. The molecule has 0 bridgehead atoms. The van der Waals surface area contributed by atoms with Crippen molar-refractivity contribution in [3.8, 4) is 0 Å². The van der Waals surface area contributed by atoms with Crippen LogP contribution in [0.2, 0.25) is 0 Å². The molecule has 0 radical (unpaired) electrons. The number of aliphatic hydroxyl groups is 1. The van der Waals surface area contributed by atoms with E-state index in [1.807, 2.05) is 0 Å². The van der Waals surface area contributed by atoms with Crippen molar-refractivity contribution in [2.24, 2.45) is 5.92 Å². The summed E-state index contributed by atoms with van der Waals surface area (Å²) in [4.78, 5) is 16.9. The molecule has 0 aliphatic carbocycles. The zero-order chi connectivity index (χ0) is 12.4. The van der Waals surface area contributed by atoms with E-state index >= 15 is 0 Å². The van der Waals surface area contributed by atoms with E-state index in [4.69, 9.17) is 19.1 Å². The monoisotopic (exact) mass is 241 g/mol. The van der Waals surface area contributed by atoms with Crippen molar-refractivity contribution < 1.29 is 23.9 Å². The molecule has 1 aromatic rings. The number of hydroxylamine groups is 2. The molecule has 1 aliphatic heterocycles. The molecule has 1 aromatic heterocycles. The van der Waals surface area contributed by atoms with Crippen molar-refractivity contribution in [2.45, 2.75) is 12.6 Å². The van der Waals surface area contributed by atoms with Gasteiger partial charge in [-0.05, 0) is 12.1 Å². The maximum atomic E-state index is 11.6. The SMILES string of the molecule is COC(=O)C1CON(C)C1c1ccc(CO)o1. The second-order valence-corrected chi connectivity index (χ2v) is 3.88. The molecule has 0 amide bonds. The number of carbonyl (C=O) groups is 1. The summed E-state index contributed by atoms with van der Waals surface area (Å²) in [6.07, 6.45) is 0. The number of ether oxygens (including phenoxy) is 1. The molecule has 0 aromatic carbocycles. The Balaban J connectivity index is 2.24. The standard InChI is InChI=1S/C11H15NO5/c1-12-10(8(6-16-12)11(14)15-2)9-4-3-7(5-13)17-9/h3-4,8,10,13H,5-6H2,1-2H3. The number of nitrogens with zero attached hydrogens (tertiary/aromatic N) is 1. The quantitative estimate of drug-likeness (QED) is 0.776. The van der Waals surface area contributed by atoms with Gasteiger partial charge in [0.2, 0.25) is 0 Å². The van der Waals surface area contributed by atoms with Crippen LogP contribution in [0.15, 0.2) is 16.5 Å². The average molecular weight is 241 g/mol. The molecule has 2 atom stereocenters. The number of hydrogen-bond donors (Lipinski definition) is 1. The molecular weight excluding hydrogens is 226 g/mol. The highest BCUT2D eigenvalue weighted by molar-refractivity contribution is 5.73. The zero-order valence-corrected chi connectivity index (χ0v) is 9.75. The Morgan fingerprint density at radius 3 is 3.00 bits per heavy atom. The minimum Gasteiger partial charge on any atom is -0.469 e. The highest BCUT2D eigenvalue weighted by atomic mass is 16.7. The van der Waals surface area contributed by atoms with E-state index in [9.17, 15) is 4.79 Å². The van der Waals surface area contributed by atoms with E-state index in [2.05, 4.69) is 0 Å². The zero-order valence-electron chi connectivity index (χ0n) is 9.75. The van der Waals surface area contributed by atoms with E-state index in [1.54, 1.807) is 24.2 Å². The van der Waals surface area contributed by atoms with E-state index < -0.39 is 5.92 Å². The molecule has 1 aliphatic rings. The van der Waals surface area contributed by atoms with Crippen LogP contribution < -0.4 is 0 Å². The van der Waals surface area contributed by atoms with Gasteiger partial charge in [0.1, 0.15) is 30.1 Å². The van der Waals surface area contributed by atoms with E-state index in [-0.39, 0.29) is 25.2 Å². The number of carbonyl (C=O) groups excluding carboxylic acids is 1. The summed E-state index contributed by atoms with van der Waals surface area (Å²) in [6, 6.07) is 3.09. The van der Waals surface area contributed by atoms with Gasteiger partial charge in [-0.1, -0.05) is 0 Å². The van der Waals surface area contributed by atoms with Crippen LogP contribution in [0.3, 0.4) is 0 Å². The van der Waals surface area contributed by atoms with Crippen LogP contribution >= 0.6 is 0 Å². The Morgan fingerprint density at radius 2 is 2.41 bits per heavy atom. The van der Waals surface area contributed by atoms with Crippen LogP contribution in [-0.4, -0.2) is 36.9 Å². The first-order valence-electron chi connectivity index (χ1n) is 5.30. The van der Waals surface area contributed by atoms with Crippen molar-refractivity contribution in [1.29, 1.82) is 0 Å². The summed E-state index contributed by atoms with van der Waals surface area (Å²) in [7, 11) is 3.08. The number of methoxy groups -OCH3 is 1. The maximum absolute atomic E-state index is 11.6. The topological polar surface area (TPSA) is 72.1 Å². The van der Waals surface area contributed by atoms with Gasteiger partial charge in [-0.3, -0.25) is 9.63 Å². The smallest absolute Gasteiger partial charge is 0.313 e. The molecule has 2 unspecified atom stereocenters. The van der Waals surface area contributed by atoms with Gasteiger partial charge in [0, 0.05) is 7.05 Å². The Kier molecular flexibility index (Phi) is 3.46. The van der Waals surface area contributed by atoms with Gasteiger partial charge < -0.3 is 14.3 Å². The van der Waals surface area contributed by atoms with Gasteiger partial charge >= 0.3 is 5.97 Å². The van der Waals surface area contributed by atoms with Crippen LogP contribution in [0.1, 0.15) is 17.6 Å². The van der Waals surface area contributed by atoms with Gasteiger partial charge in [0.15, 0.2) is 0 Å². The van der Waals surface area contributed by atoms with Gasteiger partial charge in [-0.15, -0.1) is 0 Å². The number of esters is 1. The lowest BCUT2D eigenvalue weighted by Gasteiger charge is -2.18. The second-order valence-electron chi connectivity index (χ2n) is 3.88. The van der Waals surface area contributed by atoms with E-state index in [0.29, 0.717) is 11.5 Å². The van der Waals surface area contributed by atoms with E-state index in [1.165, 1.54) is 7.11 Å². The minimum absolute atomic E-state index is 0.166. The molecule has 0 saturated carbocycles. The van der Waals surface area contributed by atoms with Crippen LogP contribution in [0, 0.1) is 5.92 Å². The molecule has 2 heterocycles. The molecule has 17 heavy (non-hydrogen) atoms. The normalized spacial score (nSPS) is 25.1. The first kappa shape index (κ1) is 12.1. The lowest BCUT2D eigenvalue weighted by Crippen LogP contribution is -2.26. The summed E-state index contributed by atoms with van der Waals surface area (Å²) < 4.78 is 10.2. The van der Waals surface area contributed by atoms with Crippen LogP contribution in [0.25, 0.3) is 0 Å². The first-order chi connectivity index (χ1) is 8.17. The fourth-order valence-electron chi connectivity index (χ4n) is 1.99. The van der Waals surface area contributed by atoms with Crippen molar-refractivity contribution in [2.75, 3.05) is 20.8 Å². The van der Waals surface area contributed by atoms with Crippen LogP contribution in [0.5, 0.6) is 0 Å². The van der Waals surface area contributed by atoms with Crippen molar-refractivity contribution in [3.05, 3.63) is 23.7 Å². The molecule has 0 spiro atoms. The maximum Gasteiger partial charge on any atom is 0.313 e. The van der Waals surface area contributed by atoms with Gasteiger partial charge in [0.25, 0.3) is 0 Å². The number of aliphatic hydroxyl groups excluding tert-OH is 1. The Morgan fingerprint density at radius 1 is 1.65 bits per heavy atom. The largest absolute Gasteiger partial charge is 0.469 e. The van der Waals surface area contributed by atoms with E-state index in [0.717, 1.165) is 0 Å². The molecule has 1 saturated heterocycles. The Hall–Kier alpha value is -1.37. The second kappa shape index (κ2) is 4.87. The molecule has 6 heteroatoms. The highest BCUT2D eigenvalue weighted by Gasteiger charge is 2.42. The molecule has 1 N–H and O–H groups in total. The van der Waals surface area contributed by atoms with Crippen molar-refractivity contribution in [3.63, 3.8) is 0 Å². The summed E-state index contributed by atoms with van der Waals surface area (Å²) in [5.41, 5.74) is 0. The fraction of sp³-hybridized carbons (Fsp3) is 0.545. The Bertz CT molecular complexity index is 402. The third-order valence-electron chi connectivity index (χ3n) is 2.86. The molecule has 2 rings (SSSR count). The van der Waals surface area contributed by atoms with Crippen LogP contribution in [-0.2, 0) is 21.0 Å². The molecule has 94 valence electrons. The van der Waals surface area contributed by atoms with Crippen molar-refractivity contribution >= 4 is 5.97 Å². The lowest BCUT2D eigenvalue weighted by atomic mass is 10.00. The van der Waals surface area contributed by atoms with Gasteiger partial charge in [-0.2, -0.15) is 5.06 Å². The van der Waals surface area contributed by atoms with Gasteiger partial charge in [-0.25, -0.2) is 0 Å². The number of hydrogen-bond acceptors (Lipinski definition) is 6. The average Bonchev–Trinajstić information content (AvgIpc) is 2.93. The third-order valence-corrected chi connectivity index (χ3v) is 2.86. The predicted octanol–water partition coefficient (Wildman–Crippen LogP) is 0.479. The lowest BCUT2D eigenvalue weighted by molar-refractivity contribution is -0.146. The van der Waals surface area contributed by atoms with Crippen LogP contribution in [0.4, 0.5) is 0 Å². The summed E-state index contributed by atoms with van der Waals surface area (Å²) >= 11 is 0. The van der Waals surface area contributed by atoms with Gasteiger partial charge in [0.05, 0.1) is 13.7 Å². The predicted molar refractivity (Wildman–Crippen MR) is 56.6 cm³/mol. The number of furan rings is 1. The van der Waals surface area contributed by atoms with Crippen molar-refractivity contribution in [1.82, 2.24) is 5.06 Å². The summed E-state index contributed by atoms with van der Waals surface area (Å²) in [5.74, 6) is 0.303. The minimum atomic E-state index is -0.414. The first-order valence-corrected chi connectivity index (χ1v) is 5.30. The summed E-state index contributed by atoms with van der Waals surface area (Å²) in [6.45, 7) is 0.100.